The topological polar surface area (TPSA) is 112 Å². The summed E-state index contributed by atoms with van der Waals surface area (Å²) in [4.78, 5) is 37.7. The molecule has 2 amide bonds. The van der Waals surface area contributed by atoms with E-state index in [1.54, 1.807) is 30.3 Å². The summed E-state index contributed by atoms with van der Waals surface area (Å²) in [7, 11) is 1.25. The largest absolute Gasteiger partial charge is 0.467 e. The van der Waals surface area contributed by atoms with E-state index in [0.717, 1.165) is 6.42 Å². The van der Waals surface area contributed by atoms with Gasteiger partial charge in [-0.05, 0) is 18.4 Å². The highest BCUT2D eigenvalue weighted by Crippen LogP contribution is 2.16. The van der Waals surface area contributed by atoms with Crippen molar-refractivity contribution in [2.75, 3.05) is 26.7 Å². The molecule has 2 N–H and O–H groups in total. The predicted octanol–water partition coefficient (Wildman–Crippen LogP) is 0.121. The van der Waals surface area contributed by atoms with Gasteiger partial charge in [0.25, 0.3) is 0 Å². The molecule has 0 spiro atoms. The maximum atomic E-state index is 12.1. The number of amides is 2. The Bertz CT molecular complexity index is 686. The van der Waals surface area contributed by atoms with Crippen molar-refractivity contribution in [2.24, 2.45) is 0 Å². The number of likely N-dealkylation sites (tertiary alicyclic amines) is 1. The number of nitrogens with one attached hydrogen (secondary N) is 2. The van der Waals surface area contributed by atoms with Gasteiger partial charge in [-0.3, -0.25) is 14.9 Å². The number of carbonyl (C=O) groups is 3. The SMILES string of the molecule is COC(=O)C(NC(=O)CNCC(=O)N1CCC[C@H]1C#N)c1ccccc1. The molecular formula is C18H22N4O4. The molecule has 2 rings (SSSR count). The molecule has 1 aliphatic rings. The van der Waals surface area contributed by atoms with Gasteiger partial charge in [0.05, 0.1) is 26.3 Å². The Labute approximate surface area is 152 Å². The Morgan fingerprint density at radius 2 is 2.04 bits per heavy atom. The van der Waals surface area contributed by atoms with Gasteiger partial charge in [0.1, 0.15) is 6.04 Å². The minimum atomic E-state index is -0.909. The van der Waals surface area contributed by atoms with Crippen LogP contribution in [-0.2, 0) is 19.1 Å². The van der Waals surface area contributed by atoms with Gasteiger partial charge >= 0.3 is 5.97 Å². The van der Waals surface area contributed by atoms with Crippen LogP contribution in [0.4, 0.5) is 0 Å². The molecule has 2 atom stereocenters. The molecule has 138 valence electrons. The van der Waals surface area contributed by atoms with Crippen molar-refractivity contribution in [2.45, 2.75) is 24.9 Å². The van der Waals surface area contributed by atoms with Crippen LogP contribution in [0.1, 0.15) is 24.4 Å². The van der Waals surface area contributed by atoms with Gasteiger partial charge in [0.15, 0.2) is 6.04 Å². The van der Waals surface area contributed by atoms with E-state index in [9.17, 15) is 14.4 Å². The fourth-order valence-corrected chi connectivity index (χ4v) is 2.84. The predicted molar refractivity (Wildman–Crippen MR) is 92.6 cm³/mol. The zero-order valence-corrected chi connectivity index (χ0v) is 14.6. The van der Waals surface area contributed by atoms with E-state index in [1.165, 1.54) is 12.0 Å². The fourth-order valence-electron chi connectivity index (χ4n) is 2.84. The van der Waals surface area contributed by atoms with Crippen molar-refractivity contribution in [3.05, 3.63) is 35.9 Å². The summed E-state index contributed by atoms with van der Waals surface area (Å²) in [6.45, 7) is 0.389. The average molecular weight is 358 g/mol. The van der Waals surface area contributed by atoms with Gasteiger partial charge in [-0.2, -0.15) is 5.26 Å². The minimum Gasteiger partial charge on any atom is -0.467 e. The van der Waals surface area contributed by atoms with Crippen molar-refractivity contribution in [1.29, 1.82) is 5.26 Å². The lowest BCUT2D eigenvalue weighted by Gasteiger charge is -2.20. The van der Waals surface area contributed by atoms with E-state index in [2.05, 4.69) is 16.7 Å². The van der Waals surface area contributed by atoms with Gasteiger partial charge in [-0.1, -0.05) is 30.3 Å². The van der Waals surface area contributed by atoms with E-state index in [4.69, 9.17) is 10.00 Å². The third-order valence-electron chi connectivity index (χ3n) is 4.16. The zero-order chi connectivity index (χ0) is 18.9. The summed E-state index contributed by atoms with van der Waals surface area (Å²) >= 11 is 0. The quantitative estimate of drug-likeness (QED) is 0.670. The molecule has 26 heavy (non-hydrogen) atoms. The van der Waals surface area contributed by atoms with Crippen LogP contribution in [0.25, 0.3) is 0 Å². The first kappa shape index (κ1) is 19.4. The monoisotopic (exact) mass is 358 g/mol. The first-order valence-electron chi connectivity index (χ1n) is 8.38. The standard InChI is InChI=1S/C18H22N4O4/c1-26-18(25)17(13-6-3-2-4-7-13)21-15(23)11-20-12-16(24)22-9-5-8-14(22)10-19/h2-4,6-7,14,17,20H,5,8-9,11-12H2,1H3,(H,21,23)/t14-,17?/m0/s1. The molecule has 0 saturated carbocycles. The van der Waals surface area contributed by atoms with Gasteiger partial charge < -0.3 is 15.0 Å². The number of nitrogens with zero attached hydrogens (tertiary/aromatic N) is 2. The average Bonchev–Trinajstić information content (AvgIpc) is 3.15. The second-order valence-corrected chi connectivity index (χ2v) is 5.91. The number of methoxy groups -OCH3 is 1. The van der Waals surface area contributed by atoms with Crippen LogP contribution in [0.3, 0.4) is 0 Å². The highest BCUT2D eigenvalue weighted by Gasteiger charge is 2.28. The number of hydrogen-bond acceptors (Lipinski definition) is 6. The molecule has 8 heteroatoms. The number of hydrogen-bond donors (Lipinski definition) is 2. The summed E-state index contributed by atoms with van der Waals surface area (Å²) in [5.41, 5.74) is 0.609. The summed E-state index contributed by atoms with van der Waals surface area (Å²) in [5, 5.41) is 14.4. The number of carbonyl (C=O) groups excluding carboxylic acids is 3. The van der Waals surface area contributed by atoms with Crippen molar-refractivity contribution < 1.29 is 19.1 Å². The van der Waals surface area contributed by atoms with Gasteiger partial charge in [0.2, 0.25) is 11.8 Å². The highest BCUT2D eigenvalue weighted by atomic mass is 16.5. The van der Waals surface area contributed by atoms with Gasteiger partial charge in [-0.15, -0.1) is 0 Å². The van der Waals surface area contributed by atoms with Crippen molar-refractivity contribution in [1.82, 2.24) is 15.5 Å². The number of nitriles is 1. The normalized spacial score (nSPS) is 17.2. The molecule has 1 aromatic carbocycles. The van der Waals surface area contributed by atoms with Crippen LogP contribution in [0, 0.1) is 11.3 Å². The molecular weight excluding hydrogens is 336 g/mol. The molecule has 0 bridgehead atoms. The third kappa shape index (κ3) is 5.04. The molecule has 8 nitrogen and oxygen atoms in total. The van der Waals surface area contributed by atoms with E-state index in [1.807, 2.05) is 0 Å². The first-order chi connectivity index (χ1) is 12.6. The third-order valence-corrected chi connectivity index (χ3v) is 4.16. The van der Waals surface area contributed by atoms with Crippen LogP contribution in [-0.4, -0.2) is 55.5 Å². The Kier molecular flexibility index (Phi) is 7.12. The molecule has 1 aliphatic heterocycles. The lowest BCUT2D eigenvalue weighted by atomic mass is 10.1. The molecule has 0 aromatic heterocycles. The van der Waals surface area contributed by atoms with Gasteiger partial charge in [0, 0.05) is 6.54 Å². The number of ether oxygens (including phenoxy) is 1. The van der Waals surface area contributed by atoms with Crippen LogP contribution < -0.4 is 10.6 Å². The Morgan fingerprint density at radius 3 is 2.69 bits per heavy atom. The molecule has 1 saturated heterocycles. The van der Waals surface area contributed by atoms with Crippen LogP contribution in [0.5, 0.6) is 0 Å². The highest BCUT2D eigenvalue weighted by molar-refractivity contribution is 5.87. The van der Waals surface area contributed by atoms with E-state index >= 15 is 0 Å². The van der Waals surface area contributed by atoms with Crippen LogP contribution in [0.2, 0.25) is 0 Å². The van der Waals surface area contributed by atoms with Crippen LogP contribution >= 0.6 is 0 Å². The maximum absolute atomic E-state index is 12.1. The van der Waals surface area contributed by atoms with Crippen LogP contribution in [0.15, 0.2) is 30.3 Å². The molecule has 1 heterocycles. The molecule has 1 fully saturated rings. The van der Waals surface area contributed by atoms with Crippen molar-refractivity contribution in [3.63, 3.8) is 0 Å². The molecule has 1 unspecified atom stereocenters. The Balaban J connectivity index is 1.84. The molecule has 0 aliphatic carbocycles. The molecule has 1 aromatic rings. The second kappa shape index (κ2) is 9.53. The lowest BCUT2D eigenvalue weighted by molar-refractivity contribution is -0.145. The fraction of sp³-hybridized carbons (Fsp3) is 0.444. The number of benzene rings is 1. The Hall–Kier alpha value is -2.92. The van der Waals surface area contributed by atoms with E-state index < -0.39 is 17.9 Å². The smallest absolute Gasteiger partial charge is 0.333 e. The Morgan fingerprint density at radius 1 is 1.31 bits per heavy atom. The van der Waals surface area contributed by atoms with Gasteiger partial charge in [-0.25, -0.2) is 4.79 Å². The number of rotatable bonds is 7. The zero-order valence-electron chi connectivity index (χ0n) is 14.6. The summed E-state index contributed by atoms with van der Waals surface area (Å²) in [6, 6.07) is 9.56. The van der Waals surface area contributed by atoms with Crippen molar-refractivity contribution >= 4 is 17.8 Å². The maximum Gasteiger partial charge on any atom is 0.333 e. The van der Waals surface area contributed by atoms with E-state index in [0.29, 0.717) is 18.5 Å². The lowest BCUT2D eigenvalue weighted by Crippen LogP contribution is -2.44. The second-order valence-electron chi connectivity index (χ2n) is 5.91. The van der Waals surface area contributed by atoms with E-state index in [-0.39, 0.29) is 25.0 Å². The first-order valence-corrected chi connectivity index (χ1v) is 8.38. The van der Waals surface area contributed by atoms with Crippen molar-refractivity contribution in [3.8, 4) is 6.07 Å². The summed E-state index contributed by atoms with van der Waals surface area (Å²) in [5.74, 6) is -1.22. The minimum absolute atomic E-state index is 0.0418. The summed E-state index contributed by atoms with van der Waals surface area (Å²) in [6.07, 6.45) is 1.49. The molecule has 0 radical (unpaired) electrons. The number of esters is 1. The summed E-state index contributed by atoms with van der Waals surface area (Å²) < 4.78 is 4.74.